The average Bonchev–Trinajstić information content (AvgIpc) is 3.02. The van der Waals surface area contributed by atoms with Gasteiger partial charge in [0.15, 0.2) is 0 Å². The Labute approximate surface area is 152 Å². The molecule has 2 rings (SSSR count). The number of cyclic esters (lactones) is 1. The number of fused-ring (bicyclic) bond motifs is 1. The maximum atomic E-state index is 12.1. The molecule has 0 spiro atoms. The molecule has 0 aliphatic carbocycles. The van der Waals surface area contributed by atoms with E-state index in [4.69, 9.17) is 4.74 Å². The van der Waals surface area contributed by atoms with Crippen molar-refractivity contribution in [1.82, 2.24) is 0 Å². The van der Waals surface area contributed by atoms with Gasteiger partial charge < -0.3 is 9.47 Å². The third kappa shape index (κ3) is 3.92. The Bertz CT molecular complexity index is 816. The number of isocyanates is 1. The lowest BCUT2D eigenvalue weighted by molar-refractivity contribution is -0.140. The topological polar surface area (TPSA) is 82.0 Å². The Kier molecular flexibility index (Phi) is 6.47. The summed E-state index contributed by atoms with van der Waals surface area (Å²) in [4.78, 5) is 38.2. The molecule has 0 radical (unpaired) electrons. The fourth-order valence-electron chi connectivity index (χ4n) is 3.29. The number of hydrogen-bond acceptors (Lipinski definition) is 6. The molecule has 1 aromatic carbocycles. The molecule has 1 aliphatic heterocycles. The molecule has 26 heavy (non-hydrogen) atoms. The molecule has 1 aliphatic rings. The second kappa shape index (κ2) is 8.59. The molecule has 6 nitrogen and oxygen atoms in total. The lowest BCUT2D eigenvalue weighted by atomic mass is 9.88. The van der Waals surface area contributed by atoms with Gasteiger partial charge in [0.25, 0.3) is 0 Å². The molecule has 1 aromatic rings. The largest absolute Gasteiger partial charge is 0.469 e. The van der Waals surface area contributed by atoms with Gasteiger partial charge in [0.2, 0.25) is 6.08 Å². The third-order valence-electron chi connectivity index (χ3n) is 4.76. The monoisotopic (exact) mass is 357 g/mol. The molecule has 6 heteroatoms. The standard InChI is InChI=1S/C20H23NO5/c1-5-14-13(3)16-10-26-20(24)18(16)19(21-11-22)15(14)8-6-12(2)7-9-17(23)25-4/h6H,5,7-10H2,1-4H3/b12-6+. The van der Waals surface area contributed by atoms with Crippen LogP contribution in [0.1, 0.15) is 59.3 Å². The van der Waals surface area contributed by atoms with Crippen LogP contribution in [-0.4, -0.2) is 25.1 Å². The number of esters is 2. The summed E-state index contributed by atoms with van der Waals surface area (Å²) in [6.45, 7) is 6.14. The normalized spacial score (nSPS) is 13.1. The van der Waals surface area contributed by atoms with Crippen LogP contribution >= 0.6 is 0 Å². The average molecular weight is 357 g/mol. The molecule has 0 atom stereocenters. The van der Waals surface area contributed by atoms with E-state index in [1.165, 1.54) is 7.11 Å². The third-order valence-corrected chi connectivity index (χ3v) is 4.76. The zero-order valence-electron chi connectivity index (χ0n) is 15.6. The Hall–Kier alpha value is -2.72. The summed E-state index contributed by atoms with van der Waals surface area (Å²) in [6.07, 6.45) is 5.72. The Morgan fingerprint density at radius 2 is 2.08 bits per heavy atom. The summed E-state index contributed by atoms with van der Waals surface area (Å²) in [5.41, 5.74) is 5.47. The lowest BCUT2D eigenvalue weighted by Gasteiger charge is -2.16. The molecule has 0 saturated heterocycles. The highest BCUT2D eigenvalue weighted by Crippen LogP contribution is 2.39. The zero-order valence-corrected chi connectivity index (χ0v) is 15.6. The van der Waals surface area contributed by atoms with Crippen LogP contribution < -0.4 is 0 Å². The first-order valence-electron chi connectivity index (χ1n) is 8.59. The van der Waals surface area contributed by atoms with Gasteiger partial charge in [-0.05, 0) is 49.8 Å². The van der Waals surface area contributed by atoms with E-state index in [2.05, 4.69) is 9.73 Å². The van der Waals surface area contributed by atoms with Crippen molar-refractivity contribution in [2.24, 2.45) is 4.99 Å². The van der Waals surface area contributed by atoms with Gasteiger partial charge in [0.1, 0.15) is 6.61 Å². The Morgan fingerprint density at radius 3 is 2.69 bits per heavy atom. The number of carbonyl (C=O) groups is 2. The van der Waals surface area contributed by atoms with Crippen LogP contribution in [0.5, 0.6) is 0 Å². The smallest absolute Gasteiger partial charge is 0.341 e. The van der Waals surface area contributed by atoms with Crippen molar-refractivity contribution in [3.05, 3.63) is 39.5 Å². The van der Waals surface area contributed by atoms with Crippen LogP contribution in [0, 0.1) is 6.92 Å². The number of rotatable bonds is 7. The molecule has 1 heterocycles. The van der Waals surface area contributed by atoms with Gasteiger partial charge in [-0.15, -0.1) is 0 Å². The molecular weight excluding hydrogens is 334 g/mol. The molecule has 0 aromatic heterocycles. The van der Waals surface area contributed by atoms with E-state index in [1.54, 1.807) is 6.08 Å². The predicted molar refractivity (Wildman–Crippen MR) is 96.2 cm³/mol. The highest BCUT2D eigenvalue weighted by molar-refractivity contribution is 6.00. The van der Waals surface area contributed by atoms with Crippen LogP contribution in [0.3, 0.4) is 0 Å². The number of aliphatic imine (C=N–C) groups is 1. The molecule has 0 N–H and O–H groups in total. The molecule has 0 bridgehead atoms. The van der Waals surface area contributed by atoms with E-state index in [1.807, 2.05) is 26.8 Å². The van der Waals surface area contributed by atoms with E-state index in [9.17, 15) is 14.4 Å². The second-order valence-electron chi connectivity index (χ2n) is 6.25. The maximum absolute atomic E-state index is 12.1. The summed E-state index contributed by atoms with van der Waals surface area (Å²) in [7, 11) is 1.37. The quantitative estimate of drug-likeness (QED) is 0.322. The first-order valence-corrected chi connectivity index (χ1v) is 8.59. The number of ether oxygens (including phenoxy) is 2. The highest BCUT2D eigenvalue weighted by atomic mass is 16.5. The van der Waals surface area contributed by atoms with Gasteiger partial charge in [-0.3, -0.25) is 4.79 Å². The summed E-state index contributed by atoms with van der Waals surface area (Å²) >= 11 is 0. The van der Waals surface area contributed by atoms with Gasteiger partial charge in [-0.1, -0.05) is 18.6 Å². The van der Waals surface area contributed by atoms with Crippen molar-refractivity contribution in [3.8, 4) is 0 Å². The minimum Gasteiger partial charge on any atom is -0.469 e. The highest BCUT2D eigenvalue weighted by Gasteiger charge is 2.30. The first-order chi connectivity index (χ1) is 12.4. The van der Waals surface area contributed by atoms with Gasteiger partial charge in [-0.25, -0.2) is 9.59 Å². The molecule has 138 valence electrons. The van der Waals surface area contributed by atoms with Gasteiger partial charge >= 0.3 is 11.9 Å². The predicted octanol–water partition coefficient (Wildman–Crippen LogP) is 3.64. The van der Waals surface area contributed by atoms with Crippen molar-refractivity contribution in [2.75, 3.05) is 7.11 Å². The van der Waals surface area contributed by atoms with Crippen molar-refractivity contribution in [2.45, 2.75) is 53.1 Å². The minimum atomic E-state index is -0.451. The van der Waals surface area contributed by atoms with Crippen molar-refractivity contribution >= 4 is 23.7 Å². The van der Waals surface area contributed by atoms with Gasteiger partial charge in [0.05, 0.1) is 18.4 Å². The number of hydrogen-bond donors (Lipinski definition) is 0. The van der Waals surface area contributed by atoms with Crippen LogP contribution in [-0.2, 0) is 38.5 Å². The SMILES string of the molecule is CCc1c(C)c2c(c(N=C=O)c1C/C=C(\C)CCC(=O)OC)C(=O)OC2. The number of benzene rings is 1. The summed E-state index contributed by atoms with van der Waals surface area (Å²) < 4.78 is 9.81. The molecular formula is C20H23NO5. The van der Waals surface area contributed by atoms with Crippen molar-refractivity contribution in [1.29, 1.82) is 0 Å². The van der Waals surface area contributed by atoms with E-state index in [-0.39, 0.29) is 12.6 Å². The fraction of sp³-hybridized carbons (Fsp3) is 0.450. The summed E-state index contributed by atoms with van der Waals surface area (Å²) in [5.74, 6) is -0.707. The van der Waals surface area contributed by atoms with E-state index in [0.29, 0.717) is 30.5 Å². The van der Waals surface area contributed by atoms with Crippen LogP contribution in [0.4, 0.5) is 5.69 Å². The Balaban J connectivity index is 2.45. The van der Waals surface area contributed by atoms with E-state index >= 15 is 0 Å². The van der Waals surface area contributed by atoms with Crippen LogP contribution in [0.25, 0.3) is 0 Å². The lowest BCUT2D eigenvalue weighted by Crippen LogP contribution is -2.05. The van der Waals surface area contributed by atoms with Crippen molar-refractivity contribution in [3.63, 3.8) is 0 Å². The van der Waals surface area contributed by atoms with E-state index in [0.717, 1.165) is 34.2 Å². The van der Waals surface area contributed by atoms with E-state index < -0.39 is 5.97 Å². The number of carbonyl (C=O) groups excluding carboxylic acids is 3. The Morgan fingerprint density at radius 1 is 1.35 bits per heavy atom. The summed E-state index contributed by atoms with van der Waals surface area (Å²) in [6, 6.07) is 0. The number of allylic oxidation sites excluding steroid dienone is 2. The number of nitrogens with zero attached hydrogens (tertiary/aromatic N) is 1. The zero-order chi connectivity index (χ0) is 19.3. The molecule has 0 saturated carbocycles. The van der Waals surface area contributed by atoms with Gasteiger partial charge in [0, 0.05) is 12.0 Å². The minimum absolute atomic E-state index is 0.211. The second-order valence-corrected chi connectivity index (χ2v) is 6.25. The fourth-order valence-corrected chi connectivity index (χ4v) is 3.29. The van der Waals surface area contributed by atoms with Gasteiger partial charge in [-0.2, -0.15) is 4.99 Å². The van der Waals surface area contributed by atoms with Crippen LogP contribution in [0.2, 0.25) is 0 Å². The molecule has 0 unspecified atom stereocenters. The summed E-state index contributed by atoms with van der Waals surface area (Å²) in [5, 5.41) is 0. The molecule has 0 fully saturated rings. The van der Waals surface area contributed by atoms with Crippen molar-refractivity contribution < 1.29 is 23.9 Å². The molecule has 0 amide bonds. The maximum Gasteiger partial charge on any atom is 0.341 e. The van der Waals surface area contributed by atoms with Crippen LogP contribution in [0.15, 0.2) is 16.6 Å². The number of methoxy groups -OCH3 is 1. The first kappa shape index (κ1) is 19.6.